The number of benzene rings is 2. The summed E-state index contributed by atoms with van der Waals surface area (Å²) in [5, 5.41) is 0. The lowest BCUT2D eigenvalue weighted by molar-refractivity contribution is 1.10. The summed E-state index contributed by atoms with van der Waals surface area (Å²) in [4.78, 5) is 4.82. The van der Waals surface area contributed by atoms with Crippen molar-refractivity contribution in [3.63, 3.8) is 0 Å². The normalized spacial score (nSPS) is 11.7. The molecule has 2 heterocycles. The SMILES string of the molecule is C=Cc1nc2n(-c3ccccc3)c3ccccc3n2c1/C=C\C. The maximum Gasteiger partial charge on any atom is 0.220 e. The predicted molar refractivity (Wildman–Crippen MR) is 96.8 cm³/mol. The monoisotopic (exact) mass is 299 g/mol. The predicted octanol–water partition coefficient (Wildman–Crippen LogP) is 4.95. The number of imidazole rings is 2. The molecule has 0 radical (unpaired) electrons. The number of allylic oxidation sites excluding steroid dienone is 1. The van der Waals surface area contributed by atoms with Gasteiger partial charge in [0.25, 0.3) is 0 Å². The fourth-order valence-electron chi connectivity index (χ4n) is 3.07. The third-order valence-electron chi connectivity index (χ3n) is 4.02. The summed E-state index contributed by atoms with van der Waals surface area (Å²) in [6.07, 6.45) is 5.93. The van der Waals surface area contributed by atoms with E-state index < -0.39 is 0 Å². The van der Waals surface area contributed by atoms with Crippen LogP contribution in [0.5, 0.6) is 0 Å². The van der Waals surface area contributed by atoms with E-state index in [1.54, 1.807) is 0 Å². The Hall–Kier alpha value is -3.07. The maximum atomic E-state index is 4.82. The van der Waals surface area contributed by atoms with Crippen LogP contribution >= 0.6 is 0 Å². The van der Waals surface area contributed by atoms with Gasteiger partial charge in [-0.05, 0) is 43.3 Å². The number of para-hydroxylation sites is 3. The Morgan fingerprint density at radius 2 is 1.65 bits per heavy atom. The van der Waals surface area contributed by atoms with Gasteiger partial charge in [0.1, 0.15) is 0 Å². The number of fused-ring (bicyclic) bond motifs is 3. The first-order chi connectivity index (χ1) is 11.3. The van der Waals surface area contributed by atoms with E-state index in [1.807, 2.05) is 37.3 Å². The van der Waals surface area contributed by atoms with Crippen molar-refractivity contribution in [2.45, 2.75) is 6.92 Å². The van der Waals surface area contributed by atoms with Crippen molar-refractivity contribution in [2.24, 2.45) is 0 Å². The molecular formula is C20H17N3. The van der Waals surface area contributed by atoms with E-state index in [2.05, 4.69) is 58.0 Å². The Kier molecular flexibility index (Phi) is 3.12. The molecule has 0 unspecified atom stereocenters. The summed E-state index contributed by atoms with van der Waals surface area (Å²) in [6.45, 7) is 5.93. The lowest BCUT2D eigenvalue weighted by Gasteiger charge is -2.04. The Morgan fingerprint density at radius 3 is 2.35 bits per heavy atom. The Labute approximate surface area is 134 Å². The molecule has 112 valence electrons. The highest BCUT2D eigenvalue weighted by Crippen LogP contribution is 2.28. The average molecular weight is 299 g/mol. The van der Waals surface area contributed by atoms with E-state index >= 15 is 0 Å². The maximum absolute atomic E-state index is 4.82. The van der Waals surface area contributed by atoms with Crippen molar-refractivity contribution in [3.05, 3.63) is 78.6 Å². The highest BCUT2D eigenvalue weighted by molar-refractivity contribution is 5.86. The zero-order valence-electron chi connectivity index (χ0n) is 13.0. The number of rotatable bonds is 3. The second kappa shape index (κ2) is 5.29. The van der Waals surface area contributed by atoms with Gasteiger partial charge in [-0.25, -0.2) is 4.98 Å². The van der Waals surface area contributed by atoms with E-state index in [9.17, 15) is 0 Å². The zero-order valence-corrected chi connectivity index (χ0v) is 13.0. The fraction of sp³-hybridized carbons (Fsp3) is 0.0500. The molecule has 0 atom stereocenters. The summed E-state index contributed by atoms with van der Waals surface area (Å²) >= 11 is 0. The van der Waals surface area contributed by atoms with Crippen LogP contribution in [0.4, 0.5) is 0 Å². The largest absolute Gasteiger partial charge is 0.278 e. The molecule has 4 aromatic rings. The van der Waals surface area contributed by atoms with E-state index in [0.717, 1.165) is 33.9 Å². The van der Waals surface area contributed by atoms with E-state index in [4.69, 9.17) is 4.98 Å². The van der Waals surface area contributed by atoms with E-state index in [-0.39, 0.29) is 0 Å². The lowest BCUT2D eigenvalue weighted by atomic mass is 10.2. The zero-order chi connectivity index (χ0) is 15.8. The third-order valence-corrected chi connectivity index (χ3v) is 4.02. The van der Waals surface area contributed by atoms with E-state index in [1.165, 1.54) is 0 Å². The topological polar surface area (TPSA) is 22.2 Å². The van der Waals surface area contributed by atoms with Crippen LogP contribution in [-0.4, -0.2) is 14.0 Å². The molecule has 0 aliphatic heterocycles. The van der Waals surface area contributed by atoms with Gasteiger partial charge >= 0.3 is 0 Å². The molecule has 0 bridgehead atoms. The van der Waals surface area contributed by atoms with Crippen LogP contribution in [0.15, 0.2) is 67.3 Å². The van der Waals surface area contributed by atoms with Crippen molar-refractivity contribution in [1.82, 2.24) is 14.0 Å². The summed E-state index contributed by atoms with van der Waals surface area (Å²) in [5.41, 5.74) is 5.34. The summed E-state index contributed by atoms with van der Waals surface area (Å²) in [6, 6.07) is 18.7. The van der Waals surface area contributed by atoms with Crippen LogP contribution in [0.3, 0.4) is 0 Å². The van der Waals surface area contributed by atoms with Crippen LogP contribution in [0.1, 0.15) is 18.3 Å². The Morgan fingerprint density at radius 1 is 0.957 bits per heavy atom. The summed E-state index contributed by atoms with van der Waals surface area (Å²) < 4.78 is 4.38. The molecule has 0 saturated carbocycles. The minimum atomic E-state index is 0.897. The molecule has 0 N–H and O–H groups in total. The van der Waals surface area contributed by atoms with Gasteiger partial charge in [-0.15, -0.1) is 0 Å². The Balaban J connectivity index is 2.22. The van der Waals surface area contributed by atoms with E-state index in [0.29, 0.717) is 0 Å². The standard InChI is InChI=1S/C20H17N3/c1-3-10-17-16(4-2)21-20-22(15-11-6-5-7-12-15)18-13-8-9-14-19(18)23(17)20/h3-14H,2H2,1H3/b10-3-. The molecule has 0 aliphatic rings. The van der Waals surface area contributed by atoms with Crippen LogP contribution < -0.4 is 0 Å². The Bertz CT molecular complexity index is 1030. The second-order valence-corrected chi connectivity index (χ2v) is 5.38. The molecule has 2 aromatic heterocycles. The van der Waals surface area contributed by atoms with Gasteiger partial charge in [0, 0.05) is 5.69 Å². The number of aromatic nitrogens is 3. The first-order valence-electron chi connectivity index (χ1n) is 7.67. The molecular weight excluding hydrogens is 282 g/mol. The third kappa shape index (κ3) is 1.94. The molecule has 3 nitrogen and oxygen atoms in total. The number of hydrogen-bond donors (Lipinski definition) is 0. The highest BCUT2D eigenvalue weighted by atomic mass is 15.2. The molecule has 23 heavy (non-hydrogen) atoms. The first kappa shape index (κ1) is 13.6. The molecule has 0 amide bonds. The van der Waals surface area contributed by atoms with Crippen molar-refractivity contribution in [2.75, 3.05) is 0 Å². The van der Waals surface area contributed by atoms with Crippen LogP contribution in [0.25, 0.3) is 34.7 Å². The van der Waals surface area contributed by atoms with Gasteiger partial charge < -0.3 is 0 Å². The number of hydrogen-bond acceptors (Lipinski definition) is 1. The van der Waals surface area contributed by atoms with Crippen LogP contribution in [-0.2, 0) is 0 Å². The summed E-state index contributed by atoms with van der Waals surface area (Å²) in [7, 11) is 0. The van der Waals surface area contributed by atoms with Crippen LogP contribution in [0.2, 0.25) is 0 Å². The average Bonchev–Trinajstić information content (AvgIpc) is 3.10. The first-order valence-corrected chi connectivity index (χ1v) is 7.67. The van der Waals surface area contributed by atoms with Crippen molar-refractivity contribution < 1.29 is 0 Å². The number of nitrogens with zero attached hydrogens (tertiary/aromatic N) is 3. The van der Waals surface area contributed by atoms with Gasteiger partial charge in [-0.2, -0.15) is 0 Å². The smallest absolute Gasteiger partial charge is 0.220 e. The van der Waals surface area contributed by atoms with Gasteiger partial charge in [0.15, 0.2) is 0 Å². The van der Waals surface area contributed by atoms with Gasteiger partial charge in [-0.1, -0.05) is 43.0 Å². The van der Waals surface area contributed by atoms with Crippen molar-refractivity contribution in [1.29, 1.82) is 0 Å². The quantitative estimate of drug-likeness (QED) is 0.524. The molecule has 0 aliphatic carbocycles. The van der Waals surface area contributed by atoms with Gasteiger partial charge in [-0.3, -0.25) is 8.97 Å². The molecule has 2 aromatic carbocycles. The molecule has 0 fully saturated rings. The van der Waals surface area contributed by atoms with Gasteiger partial charge in [0.2, 0.25) is 5.78 Å². The highest BCUT2D eigenvalue weighted by Gasteiger charge is 2.17. The molecule has 0 saturated heterocycles. The fourth-order valence-corrected chi connectivity index (χ4v) is 3.07. The molecule has 0 spiro atoms. The van der Waals surface area contributed by atoms with Crippen molar-refractivity contribution in [3.8, 4) is 5.69 Å². The van der Waals surface area contributed by atoms with Gasteiger partial charge in [0.05, 0.1) is 22.4 Å². The summed E-state index contributed by atoms with van der Waals surface area (Å²) in [5.74, 6) is 0.903. The minimum Gasteiger partial charge on any atom is -0.278 e. The minimum absolute atomic E-state index is 0.897. The molecule has 3 heteroatoms. The molecule has 4 rings (SSSR count). The van der Waals surface area contributed by atoms with Crippen molar-refractivity contribution >= 4 is 29.0 Å². The lowest BCUT2D eigenvalue weighted by Crippen LogP contribution is -1.94. The second-order valence-electron chi connectivity index (χ2n) is 5.38. The van der Waals surface area contributed by atoms with Crippen LogP contribution in [0, 0.1) is 0 Å².